The fourth-order valence-electron chi connectivity index (χ4n) is 0.0630. The summed E-state index contributed by atoms with van der Waals surface area (Å²) in [7, 11) is 0. The third kappa shape index (κ3) is 4.25. The number of nitrogens with two attached hydrogens (primary N) is 1. The second kappa shape index (κ2) is 4.25. The Balaban J connectivity index is 2.19. The zero-order valence-corrected chi connectivity index (χ0v) is 3.70. The summed E-state index contributed by atoms with van der Waals surface area (Å²) >= 11 is 5.10. The van der Waals surface area contributed by atoms with Gasteiger partial charge in [-0.2, -0.15) is 0 Å². The highest BCUT2D eigenvalue weighted by atomic mass is 35.5. The van der Waals surface area contributed by atoms with Crippen molar-refractivity contribution in [2.24, 2.45) is 5.73 Å². The van der Waals surface area contributed by atoms with Crippen LogP contribution in [0.1, 0.15) is 6.42 Å². The van der Waals surface area contributed by atoms with E-state index >= 15 is 0 Å². The number of hydrogen-bond donors (Lipinski definition) is 1. The van der Waals surface area contributed by atoms with Crippen molar-refractivity contribution >= 4 is 11.6 Å². The molecule has 2 N–H and O–H groups in total. The van der Waals surface area contributed by atoms with Crippen LogP contribution in [-0.4, -0.2) is 6.54 Å². The first-order chi connectivity index (χ1) is 2.41. The van der Waals surface area contributed by atoms with Crippen molar-refractivity contribution in [3.05, 3.63) is 5.88 Å². The van der Waals surface area contributed by atoms with E-state index in [1.807, 2.05) is 0 Å². The molecule has 0 heterocycles. The Kier molecular flexibility index (Phi) is 4.46. The van der Waals surface area contributed by atoms with Crippen molar-refractivity contribution in [1.82, 2.24) is 0 Å². The lowest BCUT2D eigenvalue weighted by atomic mass is 10.5. The Labute approximate surface area is 37.1 Å². The predicted molar refractivity (Wildman–Crippen MR) is 23.8 cm³/mol. The summed E-state index contributed by atoms with van der Waals surface area (Å²) in [5.41, 5.74) is 5.02. The maximum Gasteiger partial charge on any atom is 0.0512 e. The van der Waals surface area contributed by atoms with E-state index in [1.165, 1.54) is 5.88 Å². The minimum Gasteiger partial charge on any atom is -0.330 e. The highest BCUT2D eigenvalue weighted by Gasteiger charge is 1.71. The average molecular weight is 92.5 g/mol. The second-order valence-corrected chi connectivity index (χ2v) is 1.04. The fourth-order valence-corrected chi connectivity index (χ4v) is 0.189. The van der Waals surface area contributed by atoms with E-state index in [4.69, 9.17) is 17.3 Å². The molecule has 1 radical (unpaired) electrons. The molecule has 5 heavy (non-hydrogen) atoms. The molecule has 0 aliphatic heterocycles. The summed E-state index contributed by atoms with van der Waals surface area (Å²) in [6, 6.07) is 0. The molecule has 0 atom stereocenters. The van der Waals surface area contributed by atoms with Crippen LogP contribution in [0, 0.1) is 5.88 Å². The first kappa shape index (κ1) is 5.25. The SMILES string of the molecule is NCC[CH]Cl. The zero-order chi connectivity index (χ0) is 4.12. The summed E-state index contributed by atoms with van der Waals surface area (Å²) in [4.78, 5) is 0. The summed E-state index contributed by atoms with van der Waals surface area (Å²) in [5.74, 6) is 1.53. The van der Waals surface area contributed by atoms with Crippen LogP contribution in [0.3, 0.4) is 0 Å². The molecule has 0 unspecified atom stereocenters. The van der Waals surface area contributed by atoms with Crippen LogP contribution in [-0.2, 0) is 0 Å². The van der Waals surface area contributed by atoms with E-state index < -0.39 is 0 Å². The van der Waals surface area contributed by atoms with Gasteiger partial charge >= 0.3 is 0 Å². The van der Waals surface area contributed by atoms with Gasteiger partial charge in [-0.1, -0.05) is 0 Å². The third-order valence-electron chi connectivity index (χ3n) is 0.276. The van der Waals surface area contributed by atoms with Crippen LogP contribution >= 0.6 is 11.6 Å². The van der Waals surface area contributed by atoms with Gasteiger partial charge < -0.3 is 5.73 Å². The van der Waals surface area contributed by atoms with Crippen molar-refractivity contribution < 1.29 is 0 Å². The fraction of sp³-hybridized carbons (Fsp3) is 0.667. The molecule has 0 rings (SSSR count). The molecular formula is C3H7ClN. The average Bonchev–Trinajstić information content (AvgIpc) is 1.41. The van der Waals surface area contributed by atoms with Gasteiger partial charge in [0, 0.05) is 0 Å². The lowest BCUT2D eigenvalue weighted by Gasteiger charge is -1.77. The Morgan fingerprint density at radius 1 is 1.80 bits per heavy atom. The molecule has 0 aromatic carbocycles. The van der Waals surface area contributed by atoms with Crippen LogP contribution in [0.15, 0.2) is 0 Å². The molecule has 0 aliphatic rings. The number of rotatable bonds is 2. The molecule has 0 saturated heterocycles. The number of hydrogen-bond acceptors (Lipinski definition) is 1. The van der Waals surface area contributed by atoms with Crippen LogP contribution in [0.25, 0.3) is 0 Å². The lowest BCUT2D eigenvalue weighted by Crippen LogP contribution is -1.95. The maximum atomic E-state index is 5.10. The topological polar surface area (TPSA) is 26.0 Å². The minimum atomic E-state index is 0.656. The summed E-state index contributed by atoms with van der Waals surface area (Å²) in [5, 5.41) is 0. The third-order valence-corrected chi connectivity index (χ3v) is 0.494. The van der Waals surface area contributed by atoms with E-state index in [1.54, 1.807) is 0 Å². The van der Waals surface area contributed by atoms with Gasteiger partial charge in [-0.3, -0.25) is 0 Å². The van der Waals surface area contributed by atoms with Crippen LogP contribution in [0.4, 0.5) is 0 Å². The van der Waals surface area contributed by atoms with Gasteiger partial charge in [0.05, 0.1) is 5.88 Å². The van der Waals surface area contributed by atoms with Crippen LogP contribution < -0.4 is 5.73 Å². The Morgan fingerprint density at radius 2 is 2.40 bits per heavy atom. The molecule has 0 fully saturated rings. The van der Waals surface area contributed by atoms with Crippen LogP contribution in [0.5, 0.6) is 0 Å². The summed E-state index contributed by atoms with van der Waals surface area (Å²) < 4.78 is 0. The van der Waals surface area contributed by atoms with Gasteiger partial charge in [-0.05, 0) is 13.0 Å². The molecular weight excluding hydrogens is 85.5 g/mol. The monoisotopic (exact) mass is 92.0 g/mol. The van der Waals surface area contributed by atoms with Crippen molar-refractivity contribution in [1.29, 1.82) is 0 Å². The largest absolute Gasteiger partial charge is 0.330 e. The van der Waals surface area contributed by atoms with Gasteiger partial charge in [-0.15, -0.1) is 11.6 Å². The Morgan fingerprint density at radius 3 is 2.40 bits per heavy atom. The quantitative estimate of drug-likeness (QED) is 0.534. The molecule has 0 spiro atoms. The molecule has 0 aromatic heterocycles. The first-order valence-electron chi connectivity index (χ1n) is 1.53. The van der Waals surface area contributed by atoms with E-state index in [0.717, 1.165) is 6.42 Å². The van der Waals surface area contributed by atoms with Crippen molar-refractivity contribution in [3.8, 4) is 0 Å². The van der Waals surface area contributed by atoms with Crippen molar-refractivity contribution in [2.45, 2.75) is 6.42 Å². The normalized spacial score (nSPS) is 8.40. The molecule has 0 bridgehead atoms. The predicted octanol–water partition coefficient (Wildman–Crippen LogP) is 0.736. The zero-order valence-electron chi connectivity index (χ0n) is 2.95. The standard InChI is InChI=1S/C3H7ClN/c4-2-1-3-5/h2H,1,3,5H2. The van der Waals surface area contributed by atoms with E-state index in [2.05, 4.69) is 0 Å². The van der Waals surface area contributed by atoms with Gasteiger partial charge in [0.1, 0.15) is 0 Å². The molecule has 0 aliphatic carbocycles. The van der Waals surface area contributed by atoms with Crippen molar-refractivity contribution in [3.63, 3.8) is 0 Å². The lowest BCUT2D eigenvalue weighted by molar-refractivity contribution is 0.991. The van der Waals surface area contributed by atoms with Crippen LogP contribution in [0.2, 0.25) is 0 Å². The minimum absolute atomic E-state index is 0.656. The Hall–Kier alpha value is 0.250. The number of halogens is 1. The molecule has 31 valence electrons. The van der Waals surface area contributed by atoms with Gasteiger partial charge in [0.2, 0.25) is 0 Å². The highest BCUT2D eigenvalue weighted by molar-refractivity contribution is 6.23. The highest BCUT2D eigenvalue weighted by Crippen LogP contribution is 1.85. The maximum absolute atomic E-state index is 5.10. The summed E-state index contributed by atoms with van der Waals surface area (Å²) in [6.07, 6.45) is 0.807. The van der Waals surface area contributed by atoms with E-state index in [0.29, 0.717) is 6.54 Å². The van der Waals surface area contributed by atoms with E-state index in [9.17, 15) is 0 Å². The molecule has 0 aromatic rings. The summed E-state index contributed by atoms with van der Waals surface area (Å²) in [6.45, 7) is 0.656. The van der Waals surface area contributed by atoms with Gasteiger partial charge in [0.25, 0.3) is 0 Å². The smallest absolute Gasteiger partial charge is 0.0512 e. The molecule has 2 heteroatoms. The first-order valence-corrected chi connectivity index (χ1v) is 1.97. The molecule has 1 nitrogen and oxygen atoms in total. The second-order valence-electron chi connectivity index (χ2n) is 0.732. The van der Waals surface area contributed by atoms with Crippen molar-refractivity contribution in [2.75, 3.05) is 6.54 Å². The van der Waals surface area contributed by atoms with Gasteiger partial charge in [-0.25, -0.2) is 0 Å². The Bertz CT molecular complexity index is 14.4. The molecule has 0 amide bonds. The molecule has 0 saturated carbocycles. The van der Waals surface area contributed by atoms with Gasteiger partial charge in [0.15, 0.2) is 0 Å². The van der Waals surface area contributed by atoms with E-state index in [-0.39, 0.29) is 0 Å².